The molecule has 0 aromatic heterocycles. The maximum Gasteiger partial charge on any atom is 0.0504 e. The van der Waals surface area contributed by atoms with E-state index in [1.807, 2.05) is 0 Å². The third-order valence-corrected chi connectivity index (χ3v) is 2.29. The lowest BCUT2D eigenvalue weighted by atomic mass is 10.0. The van der Waals surface area contributed by atoms with Crippen LogP contribution >= 0.6 is 0 Å². The third-order valence-electron chi connectivity index (χ3n) is 2.29. The number of hydrogen-bond acceptors (Lipinski definition) is 1. The van der Waals surface area contributed by atoms with Crippen molar-refractivity contribution in [1.82, 2.24) is 5.32 Å². The Morgan fingerprint density at radius 2 is 1.73 bits per heavy atom. The quantitative estimate of drug-likeness (QED) is 0.604. The number of nitrogens with one attached hydrogen (secondary N) is 1. The molecule has 0 radical (unpaired) electrons. The summed E-state index contributed by atoms with van der Waals surface area (Å²) in [4.78, 5) is 0. The third kappa shape index (κ3) is 1.16. The summed E-state index contributed by atoms with van der Waals surface area (Å²) in [6.45, 7) is 4.45. The zero-order chi connectivity index (χ0) is 7.90. The van der Waals surface area contributed by atoms with E-state index in [1.54, 1.807) is 0 Å². The van der Waals surface area contributed by atoms with Gasteiger partial charge in [-0.3, -0.25) is 0 Å². The molecule has 0 amide bonds. The van der Waals surface area contributed by atoms with Gasteiger partial charge < -0.3 is 5.32 Å². The van der Waals surface area contributed by atoms with Crippen molar-refractivity contribution < 1.29 is 0 Å². The minimum atomic E-state index is 0.321. The van der Waals surface area contributed by atoms with Gasteiger partial charge in [-0.1, -0.05) is 30.3 Å². The van der Waals surface area contributed by atoms with Crippen LogP contribution in [0, 0.1) is 0 Å². The van der Waals surface area contributed by atoms with Crippen LogP contribution in [0.2, 0.25) is 0 Å². The summed E-state index contributed by atoms with van der Waals surface area (Å²) in [7, 11) is 0. The molecule has 1 heteroatoms. The summed E-state index contributed by atoms with van der Waals surface area (Å²) >= 11 is 0. The van der Waals surface area contributed by atoms with Gasteiger partial charge in [0.15, 0.2) is 0 Å². The first-order valence-corrected chi connectivity index (χ1v) is 4.03. The van der Waals surface area contributed by atoms with E-state index in [9.17, 15) is 0 Å². The summed E-state index contributed by atoms with van der Waals surface area (Å²) in [5.41, 5.74) is 1.72. The van der Waals surface area contributed by atoms with Gasteiger partial charge in [-0.15, -0.1) is 0 Å². The Kier molecular flexibility index (Phi) is 1.30. The molecular weight excluding hydrogens is 134 g/mol. The van der Waals surface area contributed by atoms with Gasteiger partial charge in [-0.25, -0.2) is 0 Å². The van der Waals surface area contributed by atoms with Crippen LogP contribution in [-0.2, 0) is 0 Å². The fraction of sp³-hybridized carbons (Fsp3) is 0.400. The van der Waals surface area contributed by atoms with Gasteiger partial charge >= 0.3 is 0 Å². The molecule has 1 heterocycles. The molecule has 1 nitrogen and oxygen atoms in total. The second-order valence-corrected chi connectivity index (χ2v) is 3.71. The van der Waals surface area contributed by atoms with Crippen molar-refractivity contribution in [3.63, 3.8) is 0 Å². The molecule has 1 aliphatic rings. The maximum absolute atomic E-state index is 3.42. The summed E-state index contributed by atoms with van der Waals surface area (Å²) in [5, 5.41) is 3.42. The molecule has 0 spiro atoms. The largest absolute Gasteiger partial charge is 0.301 e. The van der Waals surface area contributed by atoms with E-state index in [4.69, 9.17) is 0 Å². The Balaban J connectivity index is 2.21. The molecule has 1 aromatic rings. The Bertz CT molecular complexity index is 251. The Labute approximate surface area is 67.4 Å². The first-order chi connectivity index (χ1) is 5.20. The molecule has 1 aliphatic heterocycles. The van der Waals surface area contributed by atoms with Crippen LogP contribution in [0.5, 0.6) is 0 Å². The monoisotopic (exact) mass is 147 g/mol. The van der Waals surface area contributed by atoms with Crippen molar-refractivity contribution in [1.29, 1.82) is 0 Å². The van der Waals surface area contributed by atoms with Crippen LogP contribution < -0.4 is 5.32 Å². The molecule has 11 heavy (non-hydrogen) atoms. The fourth-order valence-electron chi connectivity index (χ4n) is 1.48. The molecule has 0 bridgehead atoms. The Hall–Kier alpha value is -0.820. The lowest BCUT2D eigenvalue weighted by Crippen LogP contribution is -2.00. The molecule has 0 aliphatic carbocycles. The van der Waals surface area contributed by atoms with Gasteiger partial charge in [0.05, 0.1) is 6.04 Å². The van der Waals surface area contributed by atoms with Crippen LogP contribution in [0.1, 0.15) is 25.5 Å². The smallest absolute Gasteiger partial charge is 0.0504 e. The molecule has 1 atom stereocenters. The van der Waals surface area contributed by atoms with E-state index < -0.39 is 0 Å². The number of benzene rings is 1. The molecule has 1 aromatic carbocycles. The molecule has 58 valence electrons. The average Bonchev–Trinajstić information content (AvgIpc) is 2.62. The normalized spacial score (nSPS) is 26.5. The first kappa shape index (κ1) is 6.86. The highest BCUT2D eigenvalue weighted by Gasteiger charge is 2.45. The number of hydrogen-bond donors (Lipinski definition) is 1. The highest BCUT2D eigenvalue weighted by molar-refractivity contribution is 5.29. The molecule has 0 unspecified atom stereocenters. The Morgan fingerprint density at radius 3 is 2.18 bits per heavy atom. The van der Waals surface area contributed by atoms with Gasteiger partial charge in [0.1, 0.15) is 0 Å². The van der Waals surface area contributed by atoms with Gasteiger partial charge in [0, 0.05) is 5.54 Å². The molecule has 1 N–H and O–H groups in total. The fourth-order valence-corrected chi connectivity index (χ4v) is 1.48. The SMILES string of the molecule is CC1(C)N[C@@H]1c1ccccc1. The summed E-state index contributed by atoms with van der Waals surface area (Å²) < 4.78 is 0. The molecule has 1 fully saturated rings. The van der Waals surface area contributed by atoms with Crippen molar-refractivity contribution in [2.45, 2.75) is 25.4 Å². The van der Waals surface area contributed by atoms with Crippen LogP contribution in [0.25, 0.3) is 0 Å². The maximum atomic E-state index is 3.42. The van der Waals surface area contributed by atoms with Crippen molar-refractivity contribution in [2.24, 2.45) is 0 Å². The molecule has 0 saturated carbocycles. The van der Waals surface area contributed by atoms with Crippen LogP contribution in [-0.4, -0.2) is 5.54 Å². The van der Waals surface area contributed by atoms with E-state index in [0.717, 1.165) is 0 Å². The zero-order valence-electron chi connectivity index (χ0n) is 6.96. The van der Waals surface area contributed by atoms with Crippen molar-refractivity contribution in [3.8, 4) is 0 Å². The minimum Gasteiger partial charge on any atom is -0.301 e. The summed E-state index contributed by atoms with van der Waals surface area (Å²) in [5.74, 6) is 0. The highest BCUT2D eigenvalue weighted by Crippen LogP contribution is 2.39. The van der Waals surface area contributed by atoms with Crippen LogP contribution in [0.4, 0.5) is 0 Å². The molecule has 2 rings (SSSR count). The topological polar surface area (TPSA) is 21.9 Å². The minimum absolute atomic E-state index is 0.321. The van der Waals surface area contributed by atoms with E-state index in [0.29, 0.717) is 11.6 Å². The van der Waals surface area contributed by atoms with Crippen molar-refractivity contribution >= 4 is 0 Å². The lowest BCUT2D eigenvalue weighted by Gasteiger charge is -1.98. The summed E-state index contributed by atoms with van der Waals surface area (Å²) in [6, 6.07) is 11.2. The van der Waals surface area contributed by atoms with E-state index in [1.165, 1.54) is 5.56 Å². The van der Waals surface area contributed by atoms with Gasteiger partial charge in [0.25, 0.3) is 0 Å². The predicted molar refractivity (Wildman–Crippen MR) is 46.4 cm³/mol. The summed E-state index contributed by atoms with van der Waals surface area (Å²) in [6.07, 6.45) is 0. The second kappa shape index (κ2) is 2.08. The molecular formula is C10H13N. The highest BCUT2D eigenvalue weighted by atomic mass is 15.2. The second-order valence-electron chi connectivity index (χ2n) is 3.71. The standard InChI is InChI=1S/C10H13N/c1-10(2)9(11-10)8-6-4-3-5-7-8/h3-7,9,11H,1-2H3/t9-/m1/s1. The molecule has 1 saturated heterocycles. The first-order valence-electron chi connectivity index (χ1n) is 4.03. The van der Waals surface area contributed by atoms with Gasteiger partial charge in [-0.05, 0) is 19.4 Å². The van der Waals surface area contributed by atoms with Crippen molar-refractivity contribution in [3.05, 3.63) is 35.9 Å². The van der Waals surface area contributed by atoms with Gasteiger partial charge in [-0.2, -0.15) is 0 Å². The van der Waals surface area contributed by atoms with Crippen LogP contribution in [0.3, 0.4) is 0 Å². The number of rotatable bonds is 1. The lowest BCUT2D eigenvalue weighted by molar-refractivity contribution is 0.754. The average molecular weight is 147 g/mol. The van der Waals surface area contributed by atoms with Crippen molar-refractivity contribution in [2.75, 3.05) is 0 Å². The van der Waals surface area contributed by atoms with Crippen LogP contribution in [0.15, 0.2) is 30.3 Å². The van der Waals surface area contributed by atoms with E-state index >= 15 is 0 Å². The Morgan fingerprint density at radius 1 is 1.18 bits per heavy atom. The zero-order valence-corrected chi connectivity index (χ0v) is 6.96. The van der Waals surface area contributed by atoms with E-state index in [2.05, 4.69) is 49.5 Å². The van der Waals surface area contributed by atoms with Gasteiger partial charge in [0.2, 0.25) is 0 Å². The predicted octanol–water partition coefficient (Wildman–Crippen LogP) is 2.11. The van der Waals surface area contributed by atoms with E-state index in [-0.39, 0.29) is 0 Å².